The van der Waals surface area contributed by atoms with Gasteiger partial charge in [-0.3, -0.25) is 9.59 Å². The van der Waals surface area contributed by atoms with Gasteiger partial charge in [-0.15, -0.1) is 0 Å². The second-order valence-corrected chi connectivity index (χ2v) is 9.14. The highest BCUT2D eigenvalue weighted by atomic mass is 16.2. The Kier molecular flexibility index (Phi) is 4.78. The van der Waals surface area contributed by atoms with E-state index in [-0.39, 0.29) is 17.4 Å². The van der Waals surface area contributed by atoms with Crippen LogP contribution in [0.3, 0.4) is 0 Å². The van der Waals surface area contributed by atoms with E-state index in [2.05, 4.69) is 5.32 Å². The number of unbranched alkanes of at least 4 members (excludes halogenated alkanes) is 1. The van der Waals surface area contributed by atoms with E-state index in [1.54, 1.807) is 0 Å². The number of nitrogens with one attached hydrogen (secondary N) is 1. The number of amides is 2. The van der Waals surface area contributed by atoms with Gasteiger partial charge in [0.05, 0.1) is 5.41 Å². The van der Waals surface area contributed by atoms with Crippen molar-refractivity contribution in [3.8, 4) is 0 Å². The number of carbonyl (C=O) groups is 2. The summed E-state index contributed by atoms with van der Waals surface area (Å²) in [5.41, 5.74) is 5.38. The lowest BCUT2D eigenvalue weighted by atomic mass is 9.49. The van der Waals surface area contributed by atoms with Crippen LogP contribution >= 0.6 is 0 Å². The second-order valence-electron chi connectivity index (χ2n) is 9.14. The van der Waals surface area contributed by atoms with Crippen LogP contribution in [0.5, 0.6) is 0 Å². The molecule has 5 aliphatic rings. The maximum Gasteiger partial charge on any atom is 0.242 e. The minimum atomic E-state index is -0.238. The van der Waals surface area contributed by atoms with E-state index in [9.17, 15) is 9.59 Å². The molecule has 5 fully saturated rings. The number of hydrogen-bond donors (Lipinski definition) is 2. The quantitative estimate of drug-likeness (QED) is 0.722. The standard InChI is InChI=1S/C20H33N3O2/c21-5-1-2-6-22-18(24)17-4-3-7-23(17)19(25)20-11-14-8-15(12-20)10-16(9-14)13-20/h14-17H,1-13,21H2,(H,22,24). The summed E-state index contributed by atoms with van der Waals surface area (Å²) in [6.07, 6.45) is 10.9. The minimum absolute atomic E-state index is 0.0487. The van der Waals surface area contributed by atoms with Crippen LogP contribution in [0.25, 0.3) is 0 Å². The molecule has 1 aliphatic heterocycles. The van der Waals surface area contributed by atoms with Crippen LogP contribution in [-0.2, 0) is 9.59 Å². The molecule has 2 amide bonds. The van der Waals surface area contributed by atoms with Gasteiger partial charge in [-0.25, -0.2) is 0 Å². The number of likely N-dealkylation sites (tertiary alicyclic amines) is 1. The summed E-state index contributed by atoms with van der Waals surface area (Å²) in [6, 6.07) is -0.238. The second kappa shape index (κ2) is 6.90. The van der Waals surface area contributed by atoms with Crippen LogP contribution in [0.2, 0.25) is 0 Å². The van der Waals surface area contributed by atoms with E-state index >= 15 is 0 Å². The zero-order valence-electron chi connectivity index (χ0n) is 15.3. The van der Waals surface area contributed by atoms with Gasteiger partial charge in [0.15, 0.2) is 0 Å². The number of nitrogens with zero attached hydrogens (tertiary/aromatic N) is 1. The lowest BCUT2D eigenvalue weighted by molar-refractivity contribution is -0.160. The molecule has 0 aromatic heterocycles. The minimum Gasteiger partial charge on any atom is -0.354 e. The van der Waals surface area contributed by atoms with Crippen molar-refractivity contribution in [1.82, 2.24) is 10.2 Å². The van der Waals surface area contributed by atoms with Crippen LogP contribution in [0.1, 0.15) is 64.2 Å². The summed E-state index contributed by atoms with van der Waals surface area (Å²) in [7, 11) is 0. The molecule has 3 N–H and O–H groups in total. The maximum atomic E-state index is 13.5. The average molecular weight is 348 g/mol. The van der Waals surface area contributed by atoms with Gasteiger partial charge in [0, 0.05) is 13.1 Å². The maximum absolute atomic E-state index is 13.5. The van der Waals surface area contributed by atoms with Crippen LogP contribution in [-0.4, -0.2) is 42.4 Å². The van der Waals surface area contributed by atoms with Gasteiger partial charge < -0.3 is 16.0 Å². The van der Waals surface area contributed by atoms with Crippen molar-refractivity contribution in [2.45, 2.75) is 70.3 Å². The van der Waals surface area contributed by atoms with Gasteiger partial charge in [-0.2, -0.15) is 0 Å². The van der Waals surface area contributed by atoms with Crippen molar-refractivity contribution in [2.24, 2.45) is 28.9 Å². The molecule has 4 aliphatic carbocycles. The summed E-state index contributed by atoms with van der Waals surface area (Å²) in [5, 5.41) is 3.03. The lowest BCUT2D eigenvalue weighted by Crippen LogP contribution is -2.57. The Morgan fingerprint density at radius 3 is 2.28 bits per heavy atom. The SMILES string of the molecule is NCCCCNC(=O)C1CCCN1C(=O)C12CC3CC(CC(C3)C1)C2. The Morgan fingerprint density at radius 1 is 1.04 bits per heavy atom. The molecule has 5 nitrogen and oxygen atoms in total. The highest BCUT2D eigenvalue weighted by molar-refractivity contribution is 5.91. The molecule has 0 aromatic carbocycles. The normalized spacial score (nSPS) is 39.0. The van der Waals surface area contributed by atoms with Crippen molar-refractivity contribution in [2.75, 3.05) is 19.6 Å². The van der Waals surface area contributed by atoms with E-state index in [1.165, 1.54) is 19.3 Å². The summed E-state index contributed by atoms with van der Waals surface area (Å²) < 4.78 is 0. The zero-order valence-corrected chi connectivity index (χ0v) is 15.3. The Hall–Kier alpha value is -1.10. The van der Waals surface area contributed by atoms with Gasteiger partial charge >= 0.3 is 0 Å². The summed E-state index contributed by atoms with van der Waals surface area (Å²) >= 11 is 0. The average Bonchev–Trinajstić information content (AvgIpc) is 3.06. The van der Waals surface area contributed by atoms with Crippen molar-refractivity contribution in [1.29, 1.82) is 0 Å². The largest absolute Gasteiger partial charge is 0.354 e. The summed E-state index contributed by atoms with van der Waals surface area (Å²) in [6.45, 7) is 2.10. The molecular weight excluding hydrogens is 314 g/mol. The van der Waals surface area contributed by atoms with E-state index in [0.29, 0.717) is 19.0 Å². The molecule has 1 atom stereocenters. The summed E-state index contributed by atoms with van der Waals surface area (Å²) in [4.78, 5) is 28.1. The predicted molar refractivity (Wildman–Crippen MR) is 96.6 cm³/mol. The van der Waals surface area contributed by atoms with Crippen LogP contribution in [0.15, 0.2) is 0 Å². The third-order valence-corrected chi connectivity index (χ3v) is 7.24. The Bertz CT molecular complexity index is 498. The topological polar surface area (TPSA) is 75.4 Å². The smallest absolute Gasteiger partial charge is 0.242 e. The van der Waals surface area contributed by atoms with Gasteiger partial charge in [0.25, 0.3) is 0 Å². The van der Waals surface area contributed by atoms with E-state index in [1.807, 2.05) is 4.90 Å². The van der Waals surface area contributed by atoms with Crippen LogP contribution in [0.4, 0.5) is 0 Å². The molecule has 5 heteroatoms. The molecule has 5 rings (SSSR count). The summed E-state index contributed by atoms with van der Waals surface area (Å²) in [5.74, 6) is 2.66. The van der Waals surface area contributed by atoms with Crippen LogP contribution in [0, 0.1) is 23.2 Å². The third kappa shape index (κ3) is 3.20. The first-order valence-corrected chi connectivity index (χ1v) is 10.4. The molecule has 1 saturated heterocycles. The molecule has 0 radical (unpaired) electrons. The van der Waals surface area contributed by atoms with Crippen molar-refractivity contribution < 1.29 is 9.59 Å². The molecular formula is C20H33N3O2. The number of hydrogen-bond acceptors (Lipinski definition) is 3. The monoisotopic (exact) mass is 347 g/mol. The molecule has 140 valence electrons. The molecule has 1 heterocycles. The Morgan fingerprint density at radius 2 is 1.68 bits per heavy atom. The van der Waals surface area contributed by atoms with Gasteiger partial charge in [-0.1, -0.05) is 0 Å². The molecule has 1 unspecified atom stereocenters. The molecule has 4 bridgehead atoms. The predicted octanol–water partition coefficient (Wildman–Crippen LogP) is 2.05. The lowest BCUT2D eigenvalue weighted by Gasteiger charge is -2.56. The number of carbonyl (C=O) groups excluding carboxylic acids is 2. The first-order valence-electron chi connectivity index (χ1n) is 10.4. The molecule has 25 heavy (non-hydrogen) atoms. The highest BCUT2D eigenvalue weighted by Crippen LogP contribution is 2.60. The fourth-order valence-corrected chi connectivity index (χ4v) is 6.56. The van der Waals surface area contributed by atoms with Gasteiger partial charge in [0.2, 0.25) is 11.8 Å². The Balaban J connectivity index is 1.42. The van der Waals surface area contributed by atoms with Crippen molar-refractivity contribution in [3.05, 3.63) is 0 Å². The van der Waals surface area contributed by atoms with E-state index < -0.39 is 0 Å². The van der Waals surface area contributed by atoms with E-state index in [0.717, 1.165) is 69.2 Å². The third-order valence-electron chi connectivity index (χ3n) is 7.24. The van der Waals surface area contributed by atoms with Crippen LogP contribution < -0.4 is 11.1 Å². The fourth-order valence-electron chi connectivity index (χ4n) is 6.56. The number of nitrogens with two attached hydrogens (primary N) is 1. The highest BCUT2D eigenvalue weighted by Gasteiger charge is 2.56. The molecule has 0 spiro atoms. The molecule has 4 saturated carbocycles. The molecule has 0 aromatic rings. The Labute approximate surface area is 151 Å². The first kappa shape index (κ1) is 17.3. The fraction of sp³-hybridized carbons (Fsp3) is 0.900. The van der Waals surface area contributed by atoms with Gasteiger partial charge in [-0.05, 0) is 88.5 Å². The van der Waals surface area contributed by atoms with E-state index in [4.69, 9.17) is 5.73 Å². The van der Waals surface area contributed by atoms with Gasteiger partial charge in [0.1, 0.15) is 6.04 Å². The van der Waals surface area contributed by atoms with Crippen molar-refractivity contribution in [3.63, 3.8) is 0 Å². The first-order chi connectivity index (χ1) is 12.1. The number of rotatable bonds is 6. The zero-order chi connectivity index (χ0) is 17.4. The van der Waals surface area contributed by atoms with Crippen molar-refractivity contribution >= 4 is 11.8 Å².